The average molecular weight is 302 g/mol. The predicted molar refractivity (Wildman–Crippen MR) is 82.7 cm³/mol. The quantitative estimate of drug-likeness (QED) is 0.943. The van der Waals surface area contributed by atoms with E-state index >= 15 is 0 Å². The second-order valence-electron chi connectivity index (χ2n) is 5.96. The molecular weight excluding hydrogens is 280 g/mol. The Morgan fingerprint density at radius 2 is 2.23 bits per heavy atom. The molecule has 3 rings (SSSR count). The van der Waals surface area contributed by atoms with E-state index in [1.54, 1.807) is 7.11 Å². The molecule has 0 unspecified atom stereocenters. The summed E-state index contributed by atoms with van der Waals surface area (Å²) in [6.45, 7) is 4.56. The van der Waals surface area contributed by atoms with E-state index in [9.17, 15) is 4.79 Å². The molecule has 0 saturated carbocycles. The number of imidazole rings is 1. The van der Waals surface area contributed by atoms with Gasteiger partial charge in [-0.25, -0.2) is 4.98 Å². The van der Waals surface area contributed by atoms with Crippen LogP contribution in [0, 0.1) is 13.8 Å². The maximum Gasteiger partial charge on any atom is 0.256 e. The van der Waals surface area contributed by atoms with Crippen LogP contribution in [0.15, 0.2) is 18.5 Å². The van der Waals surface area contributed by atoms with Gasteiger partial charge in [-0.3, -0.25) is 4.79 Å². The molecule has 1 aliphatic rings. The van der Waals surface area contributed by atoms with Crippen molar-refractivity contribution in [2.24, 2.45) is 7.05 Å². The molecule has 2 aromatic rings. The largest absolute Gasteiger partial charge is 0.380 e. The number of nitrogens with one attached hydrogen (secondary N) is 1. The number of aromatic amines is 1. The third kappa shape index (κ3) is 2.54. The van der Waals surface area contributed by atoms with E-state index in [2.05, 4.69) is 9.97 Å². The number of carbonyl (C=O) groups is 1. The van der Waals surface area contributed by atoms with E-state index < -0.39 is 0 Å². The van der Waals surface area contributed by atoms with Crippen LogP contribution in [0.4, 0.5) is 0 Å². The fraction of sp³-hybridized carbons (Fsp3) is 0.500. The van der Waals surface area contributed by atoms with Gasteiger partial charge in [-0.05, 0) is 19.9 Å². The van der Waals surface area contributed by atoms with Crippen LogP contribution in [0.25, 0.3) is 0 Å². The van der Waals surface area contributed by atoms with Crippen molar-refractivity contribution in [3.8, 4) is 0 Å². The Kier molecular flexibility index (Phi) is 3.78. The molecular formula is C16H22N4O2. The smallest absolute Gasteiger partial charge is 0.256 e. The van der Waals surface area contributed by atoms with Crippen LogP contribution in [0.1, 0.15) is 40.0 Å². The van der Waals surface area contributed by atoms with E-state index in [1.165, 1.54) is 0 Å². The number of H-pyrrole nitrogens is 1. The number of aryl methyl sites for hydroxylation is 3. The van der Waals surface area contributed by atoms with Crippen LogP contribution in [-0.2, 0) is 11.8 Å². The summed E-state index contributed by atoms with van der Waals surface area (Å²) in [6, 6.07) is 1.78. The summed E-state index contributed by atoms with van der Waals surface area (Å²) in [6.07, 6.45) is 4.54. The number of amides is 1. The number of ether oxygens (including phenoxy) is 1. The third-order valence-electron chi connectivity index (χ3n) is 4.40. The minimum absolute atomic E-state index is 0.0249. The normalized spacial score (nSPS) is 21.5. The van der Waals surface area contributed by atoms with E-state index in [1.807, 2.05) is 48.8 Å². The molecule has 1 amide bonds. The van der Waals surface area contributed by atoms with Crippen LogP contribution < -0.4 is 0 Å². The Bertz CT molecular complexity index is 669. The molecule has 1 saturated heterocycles. The monoisotopic (exact) mass is 302 g/mol. The van der Waals surface area contributed by atoms with Gasteiger partial charge in [-0.15, -0.1) is 0 Å². The second-order valence-corrected chi connectivity index (χ2v) is 5.96. The number of carbonyl (C=O) groups excluding carboxylic acids is 1. The maximum absolute atomic E-state index is 12.8. The summed E-state index contributed by atoms with van der Waals surface area (Å²) >= 11 is 0. The first-order valence-electron chi connectivity index (χ1n) is 7.48. The summed E-state index contributed by atoms with van der Waals surface area (Å²) in [5.41, 5.74) is 2.72. The third-order valence-corrected chi connectivity index (χ3v) is 4.40. The van der Waals surface area contributed by atoms with Crippen molar-refractivity contribution in [2.45, 2.75) is 32.4 Å². The van der Waals surface area contributed by atoms with Crippen LogP contribution in [0.3, 0.4) is 0 Å². The van der Waals surface area contributed by atoms with Gasteiger partial charge >= 0.3 is 0 Å². The zero-order chi connectivity index (χ0) is 15.9. The molecule has 118 valence electrons. The highest BCUT2D eigenvalue weighted by Crippen LogP contribution is 2.33. The van der Waals surface area contributed by atoms with Crippen molar-refractivity contribution in [1.29, 1.82) is 0 Å². The summed E-state index contributed by atoms with van der Waals surface area (Å²) < 4.78 is 7.36. The number of rotatable bonds is 3. The van der Waals surface area contributed by atoms with Crippen LogP contribution in [0.2, 0.25) is 0 Å². The number of likely N-dealkylation sites (tertiary alicyclic amines) is 1. The molecule has 0 spiro atoms. The van der Waals surface area contributed by atoms with Crippen molar-refractivity contribution in [2.75, 3.05) is 13.7 Å². The summed E-state index contributed by atoms with van der Waals surface area (Å²) in [4.78, 5) is 22.6. The second kappa shape index (κ2) is 5.61. The Morgan fingerprint density at radius 3 is 2.77 bits per heavy atom. The number of aromatic nitrogens is 3. The number of nitrogens with zero attached hydrogens (tertiary/aromatic N) is 3. The fourth-order valence-corrected chi connectivity index (χ4v) is 2.98. The minimum atomic E-state index is -0.0648. The molecule has 0 aromatic carbocycles. The van der Waals surface area contributed by atoms with Gasteiger partial charge in [0.15, 0.2) is 0 Å². The van der Waals surface area contributed by atoms with Gasteiger partial charge < -0.3 is 19.2 Å². The zero-order valence-electron chi connectivity index (χ0n) is 13.5. The van der Waals surface area contributed by atoms with Crippen molar-refractivity contribution >= 4 is 5.91 Å². The minimum Gasteiger partial charge on any atom is -0.380 e. The lowest BCUT2D eigenvalue weighted by atomic mass is 10.2. The van der Waals surface area contributed by atoms with E-state index in [0.29, 0.717) is 12.1 Å². The molecule has 2 aromatic heterocycles. The molecule has 0 radical (unpaired) electrons. The predicted octanol–water partition coefficient (Wildman–Crippen LogP) is 1.97. The SMILES string of the molecule is CO[C@@H]1C[C@@H](c2nc(C)c(C)[nH]2)N(C(=O)c2ccn(C)c2)C1. The summed E-state index contributed by atoms with van der Waals surface area (Å²) in [5.74, 6) is 0.871. The fourth-order valence-electron chi connectivity index (χ4n) is 2.98. The lowest BCUT2D eigenvalue weighted by Crippen LogP contribution is -2.32. The Morgan fingerprint density at radius 1 is 1.45 bits per heavy atom. The molecule has 3 heterocycles. The average Bonchev–Trinajstić information content (AvgIpc) is 3.18. The van der Waals surface area contributed by atoms with Crippen LogP contribution in [0.5, 0.6) is 0 Å². The van der Waals surface area contributed by atoms with Gasteiger partial charge in [0, 0.05) is 45.2 Å². The zero-order valence-corrected chi connectivity index (χ0v) is 13.5. The van der Waals surface area contributed by atoms with Gasteiger partial charge in [0.25, 0.3) is 5.91 Å². The number of hydrogen-bond acceptors (Lipinski definition) is 3. The van der Waals surface area contributed by atoms with E-state index in [-0.39, 0.29) is 18.1 Å². The van der Waals surface area contributed by atoms with Crippen molar-refractivity contribution < 1.29 is 9.53 Å². The van der Waals surface area contributed by atoms with Crippen LogP contribution >= 0.6 is 0 Å². The Labute approximate surface area is 130 Å². The highest BCUT2D eigenvalue weighted by molar-refractivity contribution is 5.94. The molecule has 1 aliphatic heterocycles. The molecule has 1 fully saturated rings. The molecule has 6 heteroatoms. The molecule has 0 aliphatic carbocycles. The number of hydrogen-bond donors (Lipinski definition) is 1. The topological polar surface area (TPSA) is 63.1 Å². The van der Waals surface area contributed by atoms with Gasteiger partial charge in [0.1, 0.15) is 5.82 Å². The van der Waals surface area contributed by atoms with Crippen molar-refractivity contribution in [3.05, 3.63) is 41.2 Å². The van der Waals surface area contributed by atoms with Crippen molar-refractivity contribution in [3.63, 3.8) is 0 Å². The summed E-state index contributed by atoms with van der Waals surface area (Å²) in [5, 5.41) is 0. The highest BCUT2D eigenvalue weighted by atomic mass is 16.5. The van der Waals surface area contributed by atoms with Gasteiger partial charge in [0.2, 0.25) is 0 Å². The van der Waals surface area contributed by atoms with Crippen molar-refractivity contribution in [1.82, 2.24) is 19.4 Å². The molecule has 2 atom stereocenters. The first-order valence-corrected chi connectivity index (χ1v) is 7.48. The molecule has 22 heavy (non-hydrogen) atoms. The molecule has 1 N–H and O–H groups in total. The highest BCUT2D eigenvalue weighted by Gasteiger charge is 2.38. The number of methoxy groups -OCH3 is 1. The van der Waals surface area contributed by atoms with Gasteiger partial charge in [-0.2, -0.15) is 0 Å². The maximum atomic E-state index is 12.8. The molecule has 0 bridgehead atoms. The van der Waals surface area contributed by atoms with Gasteiger partial charge in [-0.1, -0.05) is 0 Å². The van der Waals surface area contributed by atoms with Gasteiger partial charge in [0.05, 0.1) is 23.4 Å². The van der Waals surface area contributed by atoms with Crippen LogP contribution in [-0.4, -0.2) is 45.1 Å². The van der Waals surface area contributed by atoms with E-state index in [0.717, 1.165) is 23.6 Å². The lowest BCUT2D eigenvalue weighted by Gasteiger charge is -2.22. The first-order chi connectivity index (χ1) is 10.5. The lowest BCUT2D eigenvalue weighted by molar-refractivity contribution is 0.0684. The van der Waals surface area contributed by atoms with E-state index in [4.69, 9.17) is 4.74 Å². The Balaban J connectivity index is 1.91. The Hall–Kier alpha value is -2.08. The first kappa shape index (κ1) is 14.8. The molecule has 6 nitrogen and oxygen atoms in total. The standard InChI is InChI=1S/C16H22N4O2/c1-10-11(2)18-15(17-10)14-7-13(22-4)9-20(14)16(21)12-5-6-19(3)8-12/h5-6,8,13-14H,7,9H2,1-4H3,(H,17,18)/t13-,14+/m1/s1. The summed E-state index contributed by atoms with van der Waals surface area (Å²) in [7, 11) is 3.60.